The predicted molar refractivity (Wildman–Crippen MR) is 87.6 cm³/mol. The normalized spacial score (nSPS) is 21.1. The zero-order valence-corrected chi connectivity index (χ0v) is 13.6. The van der Waals surface area contributed by atoms with Crippen LogP contribution in [-0.4, -0.2) is 48.3 Å². The van der Waals surface area contributed by atoms with Gasteiger partial charge in [0, 0.05) is 38.0 Å². The Labute approximate surface area is 132 Å². The summed E-state index contributed by atoms with van der Waals surface area (Å²) in [7, 11) is 2.12. The molecule has 1 atom stereocenters. The molecule has 1 aromatic carbocycles. The second-order valence-electron chi connectivity index (χ2n) is 5.74. The Kier molecular flexibility index (Phi) is 6.52. The Morgan fingerprint density at radius 2 is 1.95 bits per heavy atom. The van der Waals surface area contributed by atoms with Crippen molar-refractivity contribution >= 4 is 17.5 Å². The van der Waals surface area contributed by atoms with E-state index < -0.39 is 0 Å². The van der Waals surface area contributed by atoms with Gasteiger partial charge in [0.25, 0.3) is 0 Å². The third-order valence-electron chi connectivity index (χ3n) is 4.19. The molecule has 1 amide bonds. The lowest BCUT2D eigenvalue weighted by atomic mass is 10.00. The predicted octanol–water partition coefficient (Wildman–Crippen LogP) is 3.30. The lowest BCUT2D eigenvalue weighted by Gasteiger charge is -2.34. The molecule has 1 saturated heterocycles. The fraction of sp³-hybridized carbons (Fsp3) is 0.588. The number of carbonyl (C=O) groups excluding carboxylic acids is 1. The standard InChI is InChI=1S/C17H25ClN2O/c1-19-11-7-13-20(12-6-5-10-18)17(21)14-16(19)15-8-3-2-4-9-15/h2-4,8-9,16H,5-7,10-14H2,1H3. The molecule has 0 aromatic heterocycles. The number of amides is 1. The van der Waals surface area contributed by atoms with Gasteiger partial charge in [-0.3, -0.25) is 9.69 Å². The second kappa shape index (κ2) is 8.40. The number of alkyl halides is 1. The van der Waals surface area contributed by atoms with Crippen molar-refractivity contribution in [2.45, 2.75) is 31.7 Å². The van der Waals surface area contributed by atoms with E-state index in [2.05, 4.69) is 24.1 Å². The summed E-state index contributed by atoms with van der Waals surface area (Å²) < 4.78 is 0. The summed E-state index contributed by atoms with van der Waals surface area (Å²) in [5.74, 6) is 0.946. The molecule has 1 aromatic rings. The smallest absolute Gasteiger partial charge is 0.224 e. The number of hydrogen-bond donors (Lipinski definition) is 0. The lowest BCUT2D eigenvalue weighted by molar-refractivity contribution is -0.133. The quantitative estimate of drug-likeness (QED) is 0.615. The van der Waals surface area contributed by atoms with E-state index >= 15 is 0 Å². The summed E-state index contributed by atoms with van der Waals surface area (Å²) in [4.78, 5) is 16.9. The van der Waals surface area contributed by atoms with Crippen LogP contribution in [0.3, 0.4) is 0 Å². The topological polar surface area (TPSA) is 23.6 Å². The van der Waals surface area contributed by atoms with Crippen molar-refractivity contribution in [3.63, 3.8) is 0 Å². The first-order valence-corrected chi connectivity index (χ1v) is 8.34. The van der Waals surface area contributed by atoms with Crippen LogP contribution in [0.2, 0.25) is 0 Å². The molecular formula is C17H25ClN2O. The highest BCUT2D eigenvalue weighted by atomic mass is 35.5. The van der Waals surface area contributed by atoms with Crippen LogP contribution in [-0.2, 0) is 4.79 Å². The maximum atomic E-state index is 12.6. The molecule has 1 aliphatic heterocycles. The molecule has 0 radical (unpaired) electrons. The minimum Gasteiger partial charge on any atom is -0.343 e. The van der Waals surface area contributed by atoms with Gasteiger partial charge in [-0.15, -0.1) is 11.6 Å². The van der Waals surface area contributed by atoms with Crippen LogP contribution in [0.15, 0.2) is 30.3 Å². The number of unbranched alkanes of at least 4 members (excludes halogenated alkanes) is 1. The Morgan fingerprint density at radius 3 is 2.67 bits per heavy atom. The van der Waals surface area contributed by atoms with Crippen LogP contribution in [0, 0.1) is 0 Å². The van der Waals surface area contributed by atoms with Crippen LogP contribution in [0.4, 0.5) is 0 Å². The summed E-state index contributed by atoms with van der Waals surface area (Å²) in [6.07, 6.45) is 3.59. The van der Waals surface area contributed by atoms with E-state index in [1.807, 2.05) is 23.1 Å². The number of halogens is 1. The molecule has 4 heteroatoms. The molecule has 0 aliphatic carbocycles. The van der Waals surface area contributed by atoms with Crippen LogP contribution < -0.4 is 0 Å². The van der Waals surface area contributed by atoms with E-state index in [0.29, 0.717) is 12.3 Å². The number of rotatable bonds is 5. The number of benzene rings is 1. The first kappa shape index (κ1) is 16.3. The van der Waals surface area contributed by atoms with Crippen molar-refractivity contribution < 1.29 is 4.79 Å². The van der Waals surface area contributed by atoms with Gasteiger partial charge < -0.3 is 4.90 Å². The van der Waals surface area contributed by atoms with Crippen molar-refractivity contribution in [3.8, 4) is 0 Å². The summed E-state index contributed by atoms with van der Waals surface area (Å²) in [6, 6.07) is 10.5. The fourth-order valence-electron chi connectivity index (χ4n) is 2.92. The van der Waals surface area contributed by atoms with Gasteiger partial charge in [0.2, 0.25) is 5.91 Å². The molecule has 2 rings (SSSR count). The van der Waals surface area contributed by atoms with Gasteiger partial charge in [-0.2, -0.15) is 0 Å². The van der Waals surface area contributed by atoms with Crippen molar-refractivity contribution in [1.82, 2.24) is 9.80 Å². The zero-order valence-electron chi connectivity index (χ0n) is 12.8. The highest BCUT2D eigenvalue weighted by Gasteiger charge is 2.25. The molecule has 21 heavy (non-hydrogen) atoms. The average Bonchev–Trinajstić information content (AvgIpc) is 2.50. The van der Waals surface area contributed by atoms with E-state index in [4.69, 9.17) is 11.6 Å². The largest absolute Gasteiger partial charge is 0.343 e. The molecule has 1 fully saturated rings. The molecule has 1 aliphatic rings. The molecule has 3 nitrogen and oxygen atoms in total. The first-order chi connectivity index (χ1) is 10.2. The molecule has 0 N–H and O–H groups in total. The van der Waals surface area contributed by atoms with Crippen LogP contribution in [0.5, 0.6) is 0 Å². The van der Waals surface area contributed by atoms with Gasteiger partial charge in [-0.25, -0.2) is 0 Å². The number of hydrogen-bond acceptors (Lipinski definition) is 2. The molecular weight excluding hydrogens is 284 g/mol. The van der Waals surface area contributed by atoms with Crippen molar-refractivity contribution in [3.05, 3.63) is 35.9 Å². The van der Waals surface area contributed by atoms with Crippen LogP contribution in [0.1, 0.15) is 37.3 Å². The Balaban J connectivity index is 2.04. The Morgan fingerprint density at radius 1 is 1.19 bits per heavy atom. The van der Waals surface area contributed by atoms with E-state index in [-0.39, 0.29) is 11.9 Å². The maximum absolute atomic E-state index is 12.6. The van der Waals surface area contributed by atoms with E-state index in [1.54, 1.807) is 0 Å². The molecule has 0 saturated carbocycles. The molecule has 116 valence electrons. The van der Waals surface area contributed by atoms with E-state index in [9.17, 15) is 4.79 Å². The van der Waals surface area contributed by atoms with Gasteiger partial charge in [-0.05, 0) is 31.9 Å². The third-order valence-corrected chi connectivity index (χ3v) is 4.45. The summed E-state index contributed by atoms with van der Waals surface area (Å²) in [5.41, 5.74) is 1.23. The Hall–Kier alpha value is -1.06. The van der Waals surface area contributed by atoms with Crippen molar-refractivity contribution in [1.29, 1.82) is 0 Å². The highest BCUT2D eigenvalue weighted by molar-refractivity contribution is 6.17. The zero-order chi connectivity index (χ0) is 15.1. The Bertz CT molecular complexity index is 436. The average molecular weight is 309 g/mol. The van der Waals surface area contributed by atoms with Crippen molar-refractivity contribution in [2.24, 2.45) is 0 Å². The SMILES string of the molecule is CN1CCCN(CCCCCl)C(=O)CC1c1ccccc1. The van der Waals surface area contributed by atoms with E-state index in [0.717, 1.165) is 38.9 Å². The van der Waals surface area contributed by atoms with Gasteiger partial charge in [-0.1, -0.05) is 30.3 Å². The summed E-state index contributed by atoms with van der Waals surface area (Å²) in [6.45, 7) is 2.74. The fourth-order valence-corrected chi connectivity index (χ4v) is 3.11. The maximum Gasteiger partial charge on any atom is 0.224 e. The van der Waals surface area contributed by atoms with Gasteiger partial charge in [0.05, 0.1) is 0 Å². The number of nitrogens with zero attached hydrogens (tertiary/aromatic N) is 2. The first-order valence-electron chi connectivity index (χ1n) is 7.81. The molecule has 1 unspecified atom stereocenters. The minimum atomic E-state index is 0.189. The monoisotopic (exact) mass is 308 g/mol. The van der Waals surface area contributed by atoms with Gasteiger partial charge in [0.15, 0.2) is 0 Å². The van der Waals surface area contributed by atoms with Crippen LogP contribution in [0.25, 0.3) is 0 Å². The van der Waals surface area contributed by atoms with Crippen LogP contribution >= 0.6 is 11.6 Å². The minimum absolute atomic E-state index is 0.189. The summed E-state index contributed by atoms with van der Waals surface area (Å²) >= 11 is 5.73. The molecule has 0 spiro atoms. The second-order valence-corrected chi connectivity index (χ2v) is 6.12. The van der Waals surface area contributed by atoms with Crippen molar-refractivity contribution in [2.75, 3.05) is 32.6 Å². The highest BCUT2D eigenvalue weighted by Crippen LogP contribution is 2.25. The van der Waals surface area contributed by atoms with Gasteiger partial charge in [0.1, 0.15) is 0 Å². The van der Waals surface area contributed by atoms with E-state index in [1.165, 1.54) is 5.56 Å². The van der Waals surface area contributed by atoms with Gasteiger partial charge >= 0.3 is 0 Å². The third kappa shape index (κ3) is 4.72. The number of carbonyl (C=O) groups is 1. The lowest BCUT2D eigenvalue weighted by Crippen LogP contribution is -2.41. The molecule has 1 heterocycles. The molecule has 0 bridgehead atoms. The summed E-state index contributed by atoms with van der Waals surface area (Å²) in [5, 5.41) is 0.